The molecule has 8 heteroatoms. The zero-order chi connectivity index (χ0) is 19.3. The second-order valence-electron chi connectivity index (χ2n) is 7.20. The molecule has 5 heterocycles. The minimum Gasteiger partial charge on any atom is -0.469 e. The molecule has 1 aliphatic rings. The van der Waals surface area contributed by atoms with Crippen molar-refractivity contribution in [1.29, 1.82) is 0 Å². The van der Waals surface area contributed by atoms with Crippen molar-refractivity contribution in [2.45, 2.75) is 33.4 Å². The molecule has 0 radical (unpaired) electrons. The molecule has 0 amide bonds. The van der Waals surface area contributed by atoms with Gasteiger partial charge in [-0.05, 0) is 19.9 Å². The van der Waals surface area contributed by atoms with Crippen LogP contribution < -0.4 is 5.56 Å². The number of hydrogen-bond acceptors (Lipinski definition) is 6. The summed E-state index contributed by atoms with van der Waals surface area (Å²) in [6, 6.07) is 3.78. The third kappa shape index (κ3) is 2.82. The van der Waals surface area contributed by atoms with E-state index in [1.165, 1.54) is 4.52 Å². The van der Waals surface area contributed by atoms with Crippen LogP contribution in [0.15, 0.2) is 40.0 Å². The van der Waals surface area contributed by atoms with E-state index in [1.807, 2.05) is 38.4 Å². The molecule has 4 aromatic rings. The van der Waals surface area contributed by atoms with Gasteiger partial charge in [0.15, 0.2) is 5.65 Å². The van der Waals surface area contributed by atoms with E-state index >= 15 is 0 Å². The largest absolute Gasteiger partial charge is 0.469 e. The Balaban J connectivity index is 1.48. The van der Waals surface area contributed by atoms with Gasteiger partial charge >= 0.3 is 0 Å². The van der Waals surface area contributed by atoms with Gasteiger partial charge in [0.05, 0.1) is 23.2 Å². The van der Waals surface area contributed by atoms with Gasteiger partial charge in [0.1, 0.15) is 11.6 Å². The summed E-state index contributed by atoms with van der Waals surface area (Å²) >= 11 is 0. The molecule has 8 nitrogen and oxygen atoms in total. The molecule has 0 fully saturated rings. The number of fused-ring (bicyclic) bond motifs is 2. The third-order valence-electron chi connectivity index (χ3n) is 5.23. The maximum Gasteiger partial charge on any atom is 0.277 e. The van der Waals surface area contributed by atoms with Gasteiger partial charge < -0.3 is 4.42 Å². The Morgan fingerprint density at radius 3 is 2.82 bits per heavy atom. The van der Waals surface area contributed by atoms with Crippen LogP contribution in [0.25, 0.3) is 16.9 Å². The molecule has 5 rings (SSSR count). The molecule has 0 atom stereocenters. The molecule has 4 aromatic heterocycles. The number of nitrogens with zero attached hydrogens (tertiary/aromatic N) is 5. The number of rotatable bonds is 3. The zero-order valence-electron chi connectivity index (χ0n) is 15.8. The van der Waals surface area contributed by atoms with E-state index in [0.717, 1.165) is 52.6 Å². The highest BCUT2D eigenvalue weighted by atomic mass is 16.3. The summed E-state index contributed by atoms with van der Waals surface area (Å²) in [6.45, 7) is 5.90. The smallest absolute Gasteiger partial charge is 0.277 e. The standard InChI is InChI=1S/C20H20N6O2/c1-12-15(4-6-28-12)18-7-19-23-17-3-5-25(10-14-8-21-13(2)22-9-14)11-16(17)20(27)26(19)24-18/h4,6-9,24H,3,5,10-11H2,1-2H3. The van der Waals surface area contributed by atoms with Crippen LogP contribution in [0.5, 0.6) is 0 Å². The first-order valence-electron chi connectivity index (χ1n) is 9.26. The van der Waals surface area contributed by atoms with Crippen LogP contribution in [0, 0.1) is 13.8 Å². The molecule has 28 heavy (non-hydrogen) atoms. The maximum atomic E-state index is 13.1. The second-order valence-corrected chi connectivity index (χ2v) is 7.20. The first-order chi connectivity index (χ1) is 13.6. The number of aromatic nitrogens is 5. The average Bonchev–Trinajstić information content (AvgIpc) is 3.30. The first kappa shape index (κ1) is 16.9. The van der Waals surface area contributed by atoms with Gasteiger partial charge in [-0.3, -0.25) is 14.8 Å². The van der Waals surface area contributed by atoms with Gasteiger partial charge in [-0.25, -0.2) is 19.5 Å². The Hall–Kier alpha value is -3.26. The van der Waals surface area contributed by atoms with E-state index in [2.05, 4.69) is 20.0 Å². The minimum atomic E-state index is -0.0442. The molecule has 1 N–H and O–H groups in total. The lowest BCUT2D eigenvalue weighted by Crippen LogP contribution is -2.36. The number of nitrogens with one attached hydrogen (secondary N) is 1. The summed E-state index contributed by atoms with van der Waals surface area (Å²) in [7, 11) is 0. The third-order valence-corrected chi connectivity index (χ3v) is 5.23. The normalized spacial score (nSPS) is 14.5. The second kappa shape index (κ2) is 6.42. The fraction of sp³-hybridized carbons (Fsp3) is 0.300. The summed E-state index contributed by atoms with van der Waals surface area (Å²) in [5, 5.41) is 3.17. The number of aromatic amines is 1. The predicted molar refractivity (Wildman–Crippen MR) is 103 cm³/mol. The monoisotopic (exact) mass is 376 g/mol. The number of H-pyrrole nitrogens is 1. The average molecular weight is 376 g/mol. The molecular weight excluding hydrogens is 356 g/mol. The van der Waals surface area contributed by atoms with Crippen LogP contribution >= 0.6 is 0 Å². The van der Waals surface area contributed by atoms with Gasteiger partial charge in [-0.1, -0.05) is 0 Å². The van der Waals surface area contributed by atoms with Crippen molar-refractivity contribution >= 4 is 5.65 Å². The van der Waals surface area contributed by atoms with Crippen molar-refractivity contribution in [3.8, 4) is 11.3 Å². The van der Waals surface area contributed by atoms with E-state index in [-0.39, 0.29) is 5.56 Å². The van der Waals surface area contributed by atoms with Crippen LogP contribution in [0.3, 0.4) is 0 Å². The van der Waals surface area contributed by atoms with Gasteiger partial charge in [0, 0.05) is 55.6 Å². The van der Waals surface area contributed by atoms with Gasteiger partial charge in [0.2, 0.25) is 0 Å². The number of furan rings is 1. The Morgan fingerprint density at radius 2 is 2.07 bits per heavy atom. The Labute approximate surface area is 160 Å². The molecule has 0 saturated carbocycles. The van der Waals surface area contributed by atoms with Crippen LogP contribution in [-0.2, 0) is 19.5 Å². The lowest BCUT2D eigenvalue weighted by atomic mass is 10.1. The van der Waals surface area contributed by atoms with Crippen molar-refractivity contribution in [2.75, 3.05) is 6.54 Å². The first-order valence-corrected chi connectivity index (χ1v) is 9.26. The van der Waals surface area contributed by atoms with Crippen molar-refractivity contribution in [3.63, 3.8) is 0 Å². The summed E-state index contributed by atoms with van der Waals surface area (Å²) < 4.78 is 6.91. The highest BCUT2D eigenvalue weighted by molar-refractivity contribution is 5.65. The lowest BCUT2D eigenvalue weighted by molar-refractivity contribution is 0.241. The van der Waals surface area contributed by atoms with Crippen molar-refractivity contribution in [1.82, 2.24) is 29.5 Å². The van der Waals surface area contributed by atoms with Crippen LogP contribution in [0.4, 0.5) is 0 Å². The fourth-order valence-corrected chi connectivity index (χ4v) is 3.73. The molecule has 0 aliphatic carbocycles. The minimum absolute atomic E-state index is 0.0442. The van der Waals surface area contributed by atoms with Gasteiger partial charge in [-0.2, -0.15) is 0 Å². The zero-order valence-corrected chi connectivity index (χ0v) is 15.8. The molecular formula is C20H20N6O2. The van der Waals surface area contributed by atoms with Crippen LogP contribution in [0.1, 0.15) is 28.4 Å². The van der Waals surface area contributed by atoms with Gasteiger partial charge in [-0.15, -0.1) is 0 Å². The summed E-state index contributed by atoms with van der Waals surface area (Å²) in [4.78, 5) is 28.6. The van der Waals surface area contributed by atoms with E-state index in [1.54, 1.807) is 6.26 Å². The topological polar surface area (TPSA) is 92.3 Å². The van der Waals surface area contributed by atoms with Crippen molar-refractivity contribution in [3.05, 3.63) is 69.5 Å². The molecule has 0 spiro atoms. The molecule has 0 unspecified atom stereocenters. The SMILES string of the molecule is Cc1ncc(CN2CCc3nc4cc(-c5ccoc5C)[nH]n4c(=O)c3C2)cn1. The summed E-state index contributed by atoms with van der Waals surface area (Å²) in [6.07, 6.45) is 6.08. The van der Waals surface area contributed by atoms with E-state index in [0.29, 0.717) is 18.7 Å². The Morgan fingerprint density at radius 1 is 1.25 bits per heavy atom. The summed E-state index contributed by atoms with van der Waals surface area (Å²) in [5.41, 5.74) is 5.03. The quantitative estimate of drug-likeness (QED) is 0.590. The lowest BCUT2D eigenvalue weighted by Gasteiger charge is -2.27. The van der Waals surface area contributed by atoms with Gasteiger partial charge in [0.25, 0.3) is 5.56 Å². The fourth-order valence-electron chi connectivity index (χ4n) is 3.73. The summed E-state index contributed by atoms with van der Waals surface area (Å²) in [5.74, 6) is 1.56. The van der Waals surface area contributed by atoms with Crippen molar-refractivity contribution in [2.24, 2.45) is 0 Å². The number of hydrogen-bond donors (Lipinski definition) is 1. The van der Waals surface area contributed by atoms with Crippen LogP contribution in [0.2, 0.25) is 0 Å². The molecule has 142 valence electrons. The van der Waals surface area contributed by atoms with Crippen molar-refractivity contribution < 1.29 is 4.42 Å². The molecule has 0 bridgehead atoms. The Bertz CT molecular complexity index is 1220. The van der Waals surface area contributed by atoms with Crippen LogP contribution in [-0.4, -0.2) is 36.0 Å². The molecule has 1 aliphatic heterocycles. The van der Waals surface area contributed by atoms with E-state index in [4.69, 9.17) is 9.40 Å². The maximum absolute atomic E-state index is 13.1. The highest BCUT2D eigenvalue weighted by Gasteiger charge is 2.23. The van der Waals surface area contributed by atoms with E-state index < -0.39 is 0 Å². The Kier molecular flexibility index (Phi) is 3.87. The molecule has 0 aromatic carbocycles. The number of aryl methyl sites for hydroxylation is 2. The highest BCUT2D eigenvalue weighted by Crippen LogP contribution is 2.24. The van der Waals surface area contributed by atoms with E-state index in [9.17, 15) is 4.79 Å². The molecule has 0 saturated heterocycles. The predicted octanol–water partition coefficient (Wildman–Crippen LogP) is 2.25.